The lowest BCUT2D eigenvalue weighted by molar-refractivity contribution is 0.0916. The standard InChI is InChI=1S/C18H22N4O/c1-13-7-5-9-19-17(13)21-11-15(3)23-16(4)12-22-18-14(2)8-6-10-20-18/h5-12,15-16H,1-4H3. The summed E-state index contributed by atoms with van der Waals surface area (Å²) in [6, 6.07) is 7.75. The molecular weight excluding hydrogens is 288 g/mol. The molecule has 120 valence electrons. The predicted octanol–water partition coefficient (Wildman–Crippen LogP) is 3.99. The molecule has 2 atom stereocenters. The SMILES string of the molecule is Cc1cccnc1N=CC(C)OC(C)C=Nc1ncccc1C. The Bertz CT molecular complexity index is 637. The average molecular weight is 310 g/mol. The van der Waals surface area contributed by atoms with E-state index in [-0.39, 0.29) is 12.2 Å². The number of nitrogens with zero attached hydrogens (tertiary/aromatic N) is 4. The maximum atomic E-state index is 5.82. The first-order valence-electron chi connectivity index (χ1n) is 7.63. The van der Waals surface area contributed by atoms with Crippen LogP contribution in [0.1, 0.15) is 25.0 Å². The molecule has 0 saturated heterocycles. The Labute approximate surface area is 137 Å². The molecule has 0 aromatic carbocycles. The van der Waals surface area contributed by atoms with Gasteiger partial charge in [-0.3, -0.25) is 0 Å². The number of ether oxygens (including phenoxy) is 1. The summed E-state index contributed by atoms with van der Waals surface area (Å²) >= 11 is 0. The summed E-state index contributed by atoms with van der Waals surface area (Å²) in [5.41, 5.74) is 2.08. The molecule has 0 bridgehead atoms. The highest BCUT2D eigenvalue weighted by atomic mass is 16.5. The van der Waals surface area contributed by atoms with E-state index in [1.165, 1.54) is 0 Å². The summed E-state index contributed by atoms with van der Waals surface area (Å²) in [7, 11) is 0. The summed E-state index contributed by atoms with van der Waals surface area (Å²) in [6.45, 7) is 7.85. The van der Waals surface area contributed by atoms with Crippen LogP contribution in [0.25, 0.3) is 0 Å². The number of rotatable bonds is 6. The number of aryl methyl sites for hydroxylation is 2. The van der Waals surface area contributed by atoms with Gasteiger partial charge in [0, 0.05) is 24.8 Å². The van der Waals surface area contributed by atoms with E-state index in [9.17, 15) is 0 Å². The molecule has 2 rings (SSSR count). The lowest BCUT2D eigenvalue weighted by Crippen LogP contribution is -2.19. The first-order valence-corrected chi connectivity index (χ1v) is 7.63. The highest BCUT2D eigenvalue weighted by molar-refractivity contribution is 5.69. The van der Waals surface area contributed by atoms with E-state index in [0.717, 1.165) is 11.1 Å². The van der Waals surface area contributed by atoms with Crippen molar-refractivity contribution in [2.24, 2.45) is 9.98 Å². The van der Waals surface area contributed by atoms with Crippen LogP contribution in [0.15, 0.2) is 46.6 Å². The number of aliphatic imine (C=N–C) groups is 2. The third-order valence-electron chi connectivity index (χ3n) is 3.21. The quantitative estimate of drug-likeness (QED) is 0.758. The molecular formula is C18H22N4O. The zero-order valence-electron chi connectivity index (χ0n) is 14.0. The third kappa shape index (κ3) is 5.38. The van der Waals surface area contributed by atoms with Crippen molar-refractivity contribution in [2.75, 3.05) is 0 Å². The fourth-order valence-corrected chi connectivity index (χ4v) is 1.99. The molecule has 2 heterocycles. The molecule has 0 fully saturated rings. The first kappa shape index (κ1) is 17.0. The van der Waals surface area contributed by atoms with Gasteiger partial charge in [-0.05, 0) is 51.0 Å². The smallest absolute Gasteiger partial charge is 0.154 e. The maximum absolute atomic E-state index is 5.82. The van der Waals surface area contributed by atoms with E-state index in [1.807, 2.05) is 52.0 Å². The zero-order valence-corrected chi connectivity index (χ0v) is 14.0. The van der Waals surface area contributed by atoms with Crippen LogP contribution in [0, 0.1) is 13.8 Å². The van der Waals surface area contributed by atoms with Gasteiger partial charge in [0.15, 0.2) is 11.6 Å². The van der Waals surface area contributed by atoms with Crippen molar-refractivity contribution in [3.63, 3.8) is 0 Å². The minimum Gasteiger partial charge on any atom is -0.364 e. The van der Waals surface area contributed by atoms with Crippen LogP contribution in [0.5, 0.6) is 0 Å². The van der Waals surface area contributed by atoms with Gasteiger partial charge < -0.3 is 4.74 Å². The van der Waals surface area contributed by atoms with E-state index >= 15 is 0 Å². The molecule has 0 radical (unpaired) electrons. The predicted molar refractivity (Wildman–Crippen MR) is 94.3 cm³/mol. The molecule has 0 aliphatic rings. The Balaban J connectivity index is 1.91. The number of hydrogen-bond donors (Lipinski definition) is 0. The van der Waals surface area contributed by atoms with Gasteiger partial charge in [0.05, 0.1) is 12.2 Å². The lowest BCUT2D eigenvalue weighted by atomic mass is 10.3. The number of hydrogen-bond acceptors (Lipinski definition) is 5. The second-order valence-electron chi connectivity index (χ2n) is 5.39. The largest absolute Gasteiger partial charge is 0.364 e. The van der Waals surface area contributed by atoms with E-state index in [0.29, 0.717) is 11.6 Å². The van der Waals surface area contributed by atoms with E-state index in [4.69, 9.17) is 4.74 Å². The average Bonchev–Trinajstić information content (AvgIpc) is 2.53. The third-order valence-corrected chi connectivity index (χ3v) is 3.21. The Morgan fingerprint density at radius 2 is 1.30 bits per heavy atom. The van der Waals surface area contributed by atoms with Crippen molar-refractivity contribution in [1.82, 2.24) is 9.97 Å². The first-order chi connectivity index (χ1) is 11.1. The van der Waals surface area contributed by atoms with Gasteiger partial charge in [-0.15, -0.1) is 0 Å². The van der Waals surface area contributed by atoms with Crippen LogP contribution in [0.4, 0.5) is 11.6 Å². The summed E-state index contributed by atoms with van der Waals surface area (Å²) in [5, 5.41) is 0. The van der Waals surface area contributed by atoms with E-state index < -0.39 is 0 Å². The Kier molecular flexibility index (Phi) is 6.11. The van der Waals surface area contributed by atoms with Crippen molar-refractivity contribution in [2.45, 2.75) is 39.9 Å². The van der Waals surface area contributed by atoms with Crippen LogP contribution in [0.3, 0.4) is 0 Å². The molecule has 23 heavy (non-hydrogen) atoms. The van der Waals surface area contributed by atoms with Gasteiger partial charge in [-0.25, -0.2) is 20.0 Å². The molecule has 0 saturated carbocycles. The zero-order chi connectivity index (χ0) is 16.7. The molecule has 5 heteroatoms. The maximum Gasteiger partial charge on any atom is 0.154 e. The van der Waals surface area contributed by atoms with Gasteiger partial charge in [0.25, 0.3) is 0 Å². The second-order valence-corrected chi connectivity index (χ2v) is 5.39. The monoisotopic (exact) mass is 310 g/mol. The van der Waals surface area contributed by atoms with Crippen LogP contribution in [-0.4, -0.2) is 34.6 Å². The van der Waals surface area contributed by atoms with E-state index in [1.54, 1.807) is 24.8 Å². The van der Waals surface area contributed by atoms with Crippen molar-refractivity contribution >= 4 is 24.1 Å². The van der Waals surface area contributed by atoms with E-state index in [2.05, 4.69) is 20.0 Å². The normalized spacial score (nSPS) is 14.4. The summed E-state index contributed by atoms with van der Waals surface area (Å²) in [6.07, 6.45) is 6.70. The lowest BCUT2D eigenvalue weighted by Gasteiger charge is -2.12. The summed E-state index contributed by atoms with van der Waals surface area (Å²) in [4.78, 5) is 17.2. The molecule has 5 nitrogen and oxygen atoms in total. The molecule has 0 spiro atoms. The summed E-state index contributed by atoms with van der Waals surface area (Å²) < 4.78 is 5.82. The molecule has 0 aliphatic heterocycles. The van der Waals surface area contributed by atoms with Gasteiger partial charge in [0.1, 0.15) is 0 Å². The minimum absolute atomic E-state index is 0.136. The van der Waals surface area contributed by atoms with Crippen LogP contribution < -0.4 is 0 Å². The Morgan fingerprint density at radius 1 is 0.870 bits per heavy atom. The molecule has 2 aromatic heterocycles. The number of aromatic nitrogens is 2. The molecule has 0 aliphatic carbocycles. The van der Waals surface area contributed by atoms with Crippen molar-refractivity contribution in [1.29, 1.82) is 0 Å². The van der Waals surface area contributed by atoms with Gasteiger partial charge in [0.2, 0.25) is 0 Å². The van der Waals surface area contributed by atoms with Crippen LogP contribution >= 0.6 is 0 Å². The van der Waals surface area contributed by atoms with Crippen LogP contribution in [0.2, 0.25) is 0 Å². The van der Waals surface area contributed by atoms with Crippen molar-refractivity contribution in [3.05, 3.63) is 47.8 Å². The van der Waals surface area contributed by atoms with Gasteiger partial charge >= 0.3 is 0 Å². The number of pyridine rings is 2. The Hall–Kier alpha value is -2.40. The molecule has 0 N–H and O–H groups in total. The molecule has 0 amide bonds. The summed E-state index contributed by atoms with van der Waals surface area (Å²) in [5.74, 6) is 1.43. The minimum atomic E-state index is -0.136. The van der Waals surface area contributed by atoms with Crippen LogP contribution in [-0.2, 0) is 4.74 Å². The van der Waals surface area contributed by atoms with Crippen molar-refractivity contribution in [3.8, 4) is 0 Å². The highest BCUT2D eigenvalue weighted by Gasteiger charge is 2.05. The van der Waals surface area contributed by atoms with Crippen molar-refractivity contribution < 1.29 is 4.74 Å². The van der Waals surface area contributed by atoms with Gasteiger partial charge in [-0.1, -0.05) is 12.1 Å². The molecule has 2 unspecified atom stereocenters. The fourth-order valence-electron chi connectivity index (χ4n) is 1.99. The topological polar surface area (TPSA) is 59.7 Å². The van der Waals surface area contributed by atoms with Gasteiger partial charge in [-0.2, -0.15) is 0 Å². The fraction of sp³-hybridized carbons (Fsp3) is 0.333. The Morgan fingerprint density at radius 3 is 1.70 bits per heavy atom. The molecule has 2 aromatic rings. The second kappa shape index (κ2) is 8.29. The highest BCUT2D eigenvalue weighted by Crippen LogP contribution is 2.14.